The Kier molecular flexibility index (Phi) is 5.70. The average Bonchev–Trinajstić information content (AvgIpc) is 2.99. The van der Waals surface area contributed by atoms with Crippen LogP contribution in [0.25, 0.3) is 0 Å². The van der Waals surface area contributed by atoms with Gasteiger partial charge in [-0.15, -0.1) is 11.3 Å². The van der Waals surface area contributed by atoms with Gasteiger partial charge in [-0.05, 0) is 36.1 Å². The lowest BCUT2D eigenvalue weighted by Crippen LogP contribution is -2.23. The van der Waals surface area contributed by atoms with E-state index in [0.717, 1.165) is 10.4 Å². The van der Waals surface area contributed by atoms with Crippen molar-refractivity contribution in [3.05, 3.63) is 52.5 Å². The molecule has 2 aromatic rings. The van der Waals surface area contributed by atoms with E-state index in [9.17, 15) is 4.79 Å². The van der Waals surface area contributed by atoms with Gasteiger partial charge in [0.25, 0.3) is 0 Å². The molecule has 1 N–H and O–H groups in total. The third-order valence-corrected chi connectivity index (χ3v) is 3.85. The summed E-state index contributed by atoms with van der Waals surface area (Å²) in [6, 6.07) is 7.94. The molecule has 2 rings (SSSR count). The number of nitrogens with one attached hydrogen (secondary N) is 1. The van der Waals surface area contributed by atoms with E-state index in [1.54, 1.807) is 23.7 Å². The molecule has 0 radical (unpaired) electrons. The molecule has 2 heterocycles. The summed E-state index contributed by atoms with van der Waals surface area (Å²) in [7, 11) is 0. The third kappa shape index (κ3) is 4.43. The van der Waals surface area contributed by atoms with E-state index >= 15 is 0 Å². The van der Waals surface area contributed by atoms with Crippen molar-refractivity contribution in [1.29, 1.82) is 0 Å². The molecule has 2 aromatic heterocycles. The molecule has 20 heavy (non-hydrogen) atoms. The van der Waals surface area contributed by atoms with Gasteiger partial charge in [-0.3, -0.25) is 9.78 Å². The topological polar surface area (TPSA) is 51.2 Å². The molecule has 4 nitrogen and oxygen atoms in total. The molecule has 0 aliphatic heterocycles. The summed E-state index contributed by atoms with van der Waals surface area (Å²) in [6.45, 7) is 2.94. The lowest BCUT2D eigenvalue weighted by Gasteiger charge is -2.16. The summed E-state index contributed by atoms with van der Waals surface area (Å²) in [5, 5.41) is 5.43. The van der Waals surface area contributed by atoms with Crippen LogP contribution in [-0.4, -0.2) is 17.6 Å². The van der Waals surface area contributed by atoms with Gasteiger partial charge < -0.3 is 10.1 Å². The van der Waals surface area contributed by atoms with Crippen LogP contribution >= 0.6 is 11.3 Å². The number of hydrogen-bond acceptors (Lipinski definition) is 5. The van der Waals surface area contributed by atoms with E-state index in [-0.39, 0.29) is 12.0 Å². The van der Waals surface area contributed by atoms with Crippen LogP contribution in [0.15, 0.2) is 42.0 Å². The first-order valence-corrected chi connectivity index (χ1v) is 7.49. The Morgan fingerprint density at radius 3 is 2.85 bits per heavy atom. The van der Waals surface area contributed by atoms with E-state index in [0.29, 0.717) is 19.6 Å². The monoisotopic (exact) mass is 290 g/mol. The third-order valence-electron chi connectivity index (χ3n) is 2.86. The number of aromatic nitrogens is 1. The smallest absolute Gasteiger partial charge is 0.307 e. The molecular weight excluding hydrogens is 272 g/mol. The zero-order chi connectivity index (χ0) is 14.2. The molecule has 106 valence electrons. The van der Waals surface area contributed by atoms with Gasteiger partial charge in [0.15, 0.2) is 0 Å². The van der Waals surface area contributed by atoms with Gasteiger partial charge in [-0.1, -0.05) is 6.07 Å². The van der Waals surface area contributed by atoms with E-state index in [4.69, 9.17) is 4.74 Å². The second-order valence-electron chi connectivity index (χ2n) is 4.31. The number of nitrogens with zero attached hydrogens (tertiary/aromatic N) is 1. The normalized spacial score (nSPS) is 12.1. The fourth-order valence-corrected chi connectivity index (χ4v) is 2.69. The SMILES string of the molecule is CCOC(=O)CC(NCc1ccncc1)c1cccs1. The summed E-state index contributed by atoms with van der Waals surface area (Å²) < 4.78 is 5.04. The van der Waals surface area contributed by atoms with Crippen LogP contribution in [0, 0.1) is 0 Å². The largest absolute Gasteiger partial charge is 0.466 e. The Labute approximate surface area is 122 Å². The van der Waals surface area contributed by atoms with Crippen LogP contribution in [0.4, 0.5) is 0 Å². The Morgan fingerprint density at radius 1 is 1.40 bits per heavy atom. The van der Waals surface area contributed by atoms with Crippen molar-refractivity contribution < 1.29 is 9.53 Å². The van der Waals surface area contributed by atoms with Crippen LogP contribution in [0.2, 0.25) is 0 Å². The summed E-state index contributed by atoms with van der Waals surface area (Å²) in [6.07, 6.45) is 3.88. The molecule has 0 fully saturated rings. The van der Waals surface area contributed by atoms with E-state index in [1.165, 1.54) is 0 Å². The Bertz CT molecular complexity index is 514. The van der Waals surface area contributed by atoms with Crippen LogP contribution in [-0.2, 0) is 16.1 Å². The van der Waals surface area contributed by atoms with Gasteiger partial charge in [-0.25, -0.2) is 0 Å². The Hall–Kier alpha value is -1.72. The van der Waals surface area contributed by atoms with E-state index < -0.39 is 0 Å². The van der Waals surface area contributed by atoms with Crippen LogP contribution < -0.4 is 5.32 Å². The number of ether oxygens (including phenoxy) is 1. The number of rotatable bonds is 7. The number of esters is 1. The molecule has 0 saturated carbocycles. The highest BCUT2D eigenvalue weighted by Gasteiger charge is 2.17. The molecule has 0 aliphatic rings. The van der Waals surface area contributed by atoms with Crippen molar-refractivity contribution in [1.82, 2.24) is 10.3 Å². The summed E-state index contributed by atoms with van der Waals surface area (Å²) >= 11 is 1.64. The van der Waals surface area contributed by atoms with Crippen LogP contribution in [0.1, 0.15) is 29.8 Å². The van der Waals surface area contributed by atoms with E-state index in [1.807, 2.05) is 36.6 Å². The highest BCUT2D eigenvalue weighted by atomic mass is 32.1. The van der Waals surface area contributed by atoms with E-state index in [2.05, 4.69) is 10.3 Å². The van der Waals surface area contributed by atoms with Crippen molar-refractivity contribution in [2.75, 3.05) is 6.61 Å². The van der Waals surface area contributed by atoms with Crippen molar-refractivity contribution in [3.63, 3.8) is 0 Å². The maximum atomic E-state index is 11.7. The summed E-state index contributed by atoms with van der Waals surface area (Å²) in [5.41, 5.74) is 1.14. The highest BCUT2D eigenvalue weighted by Crippen LogP contribution is 2.23. The minimum atomic E-state index is -0.173. The van der Waals surface area contributed by atoms with Crippen molar-refractivity contribution >= 4 is 17.3 Å². The maximum absolute atomic E-state index is 11.7. The number of pyridine rings is 1. The van der Waals surface area contributed by atoms with Gasteiger partial charge in [-0.2, -0.15) is 0 Å². The van der Waals surface area contributed by atoms with Crippen molar-refractivity contribution in [2.24, 2.45) is 0 Å². The fraction of sp³-hybridized carbons (Fsp3) is 0.333. The lowest BCUT2D eigenvalue weighted by molar-refractivity contribution is -0.143. The summed E-state index contributed by atoms with van der Waals surface area (Å²) in [4.78, 5) is 16.8. The maximum Gasteiger partial charge on any atom is 0.307 e. The first kappa shape index (κ1) is 14.7. The van der Waals surface area contributed by atoms with Gasteiger partial charge >= 0.3 is 5.97 Å². The Balaban J connectivity index is 1.98. The first-order chi connectivity index (χ1) is 9.79. The molecule has 0 saturated heterocycles. The standard InChI is InChI=1S/C15H18N2O2S/c1-2-19-15(18)10-13(14-4-3-9-20-14)17-11-12-5-7-16-8-6-12/h3-9,13,17H,2,10-11H2,1H3. The predicted molar refractivity (Wildman–Crippen MR) is 79.4 cm³/mol. The zero-order valence-corrected chi connectivity index (χ0v) is 12.2. The molecule has 0 aliphatic carbocycles. The molecule has 1 atom stereocenters. The zero-order valence-electron chi connectivity index (χ0n) is 11.4. The quantitative estimate of drug-likeness (QED) is 0.797. The summed E-state index contributed by atoms with van der Waals surface area (Å²) in [5.74, 6) is -0.173. The molecule has 1 unspecified atom stereocenters. The molecule has 0 spiro atoms. The minimum absolute atomic E-state index is 0.0118. The molecule has 0 amide bonds. The Morgan fingerprint density at radius 2 is 2.20 bits per heavy atom. The van der Waals surface area contributed by atoms with Gasteiger partial charge in [0.2, 0.25) is 0 Å². The number of carbonyl (C=O) groups is 1. The predicted octanol–water partition coefficient (Wildman–Crippen LogP) is 2.93. The molecule has 5 heteroatoms. The second kappa shape index (κ2) is 7.77. The van der Waals surface area contributed by atoms with Crippen LogP contribution in [0.5, 0.6) is 0 Å². The van der Waals surface area contributed by atoms with Gasteiger partial charge in [0.05, 0.1) is 19.1 Å². The fourth-order valence-electron chi connectivity index (χ4n) is 1.89. The molecule has 0 aromatic carbocycles. The molecular formula is C15H18N2O2S. The minimum Gasteiger partial charge on any atom is -0.466 e. The lowest BCUT2D eigenvalue weighted by atomic mass is 10.1. The van der Waals surface area contributed by atoms with Gasteiger partial charge in [0, 0.05) is 23.8 Å². The highest BCUT2D eigenvalue weighted by molar-refractivity contribution is 7.10. The number of thiophene rings is 1. The van der Waals surface area contributed by atoms with Gasteiger partial charge in [0.1, 0.15) is 0 Å². The average molecular weight is 290 g/mol. The van der Waals surface area contributed by atoms with Crippen molar-refractivity contribution in [2.45, 2.75) is 25.9 Å². The number of hydrogen-bond donors (Lipinski definition) is 1. The molecule has 0 bridgehead atoms. The number of carbonyl (C=O) groups excluding carboxylic acids is 1. The van der Waals surface area contributed by atoms with Crippen LogP contribution in [0.3, 0.4) is 0 Å². The van der Waals surface area contributed by atoms with Crippen molar-refractivity contribution in [3.8, 4) is 0 Å². The first-order valence-electron chi connectivity index (χ1n) is 6.61. The second-order valence-corrected chi connectivity index (χ2v) is 5.29.